The molecule has 5 heterocycles. The number of urea groups is 1. The number of hydrogen-bond acceptors (Lipinski definition) is 7. The van der Waals surface area contributed by atoms with Crippen LogP contribution in [0.4, 0.5) is 21.9 Å². The molecule has 2 aliphatic rings. The molecule has 0 spiro atoms. The molecule has 10 nitrogen and oxygen atoms in total. The number of aromatic nitrogens is 2. The second-order valence-corrected chi connectivity index (χ2v) is 10.5. The number of ether oxygens (including phenoxy) is 1. The number of carbonyl (C=O) groups excluding carboxylic acids is 3. The molecule has 4 amide bonds. The Hall–Kier alpha value is -3.99. The van der Waals surface area contributed by atoms with Crippen molar-refractivity contribution < 1.29 is 19.1 Å². The zero-order valence-corrected chi connectivity index (χ0v) is 21.7. The van der Waals surface area contributed by atoms with E-state index in [4.69, 9.17) is 4.74 Å². The molecule has 3 aromatic rings. The van der Waals surface area contributed by atoms with E-state index in [0.29, 0.717) is 70.1 Å². The molecule has 11 heteroatoms. The fourth-order valence-corrected chi connectivity index (χ4v) is 5.55. The average Bonchev–Trinajstić information content (AvgIpc) is 3.49. The van der Waals surface area contributed by atoms with Crippen LogP contribution in [0.1, 0.15) is 35.5 Å². The van der Waals surface area contributed by atoms with Crippen LogP contribution in [-0.2, 0) is 4.79 Å². The van der Waals surface area contributed by atoms with E-state index in [1.165, 1.54) is 17.4 Å². The summed E-state index contributed by atoms with van der Waals surface area (Å²) in [6, 6.07) is 3.00. The molecule has 192 valence electrons. The zero-order chi connectivity index (χ0) is 26.3. The van der Waals surface area contributed by atoms with Gasteiger partial charge in [0.15, 0.2) is 0 Å². The summed E-state index contributed by atoms with van der Waals surface area (Å²) in [4.78, 5) is 51.6. The van der Waals surface area contributed by atoms with Gasteiger partial charge in [-0.2, -0.15) is 0 Å². The maximum Gasteiger partial charge on any atom is 0.331 e. The van der Waals surface area contributed by atoms with E-state index in [9.17, 15) is 14.4 Å². The van der Waals surface area contributed by atoms with E-state index < -0.39 is 6.03 Å². The number of anilines is 3. The van der Waals surface area contributed by atoms with Gasteiger partial charge < -0.3 is 20.3 Å². The van der Waals surface area contributed by atoms with E-state index in [-0.39, 0.29) is 17.9 Å². The molecule has 0 aliphatic carbocycles. The van der Waals surface area contributed by atoms with Gasteiger partial charge in [0.1, 0.15) is 9.71 Å². The van der Waals surface area contributed by atoms with E-state index in [1.807, 2.05) is 13.0 Å². The minimum atomic E-state index is -0.392. The smallest absolute Gasteiger partial charge is 0.331 e. The first-order valence-corrected chi connectivity index (χ1v) is 12.9. The van der Waals surface area contributed by atoms with E-state index >= 15 is 0 Å². The number of rotatable bonds is 7. The van der Waals surface area contributed by atoms with Gasteiger partial charge in [-0.3, -0.25) is 14.5 Å². The molecule has 1 atom stereocenters. The van der Waals surface area contributed by atoms with Crippen LogP contribution in [0.5, 0.6) is 5.88 Å². The fourth-order valence-electron chi connectivity index (χ4n) is 4.53. The quantitative estimate of drug-likeness (QED) is 0.450. The zero-order valence-electron chi connectivity index (χ0n) is 20.9. The van der Waals surface area contributed by atoms with Gasteiger partial charge in [0.2, 0.25) is 11.8 Å². The first kappa shape index (κ1) is 24.7. The molecule has 37 heavy (non-hydrogen) atoms. The van der Waals surface area contributed by atoms with Gasteiger partial charge in [-0.15, -0.1) is 11.3 Å². The van der Waals surface area contributed by atoms with Crippen LogP contribution in [-0.4, -0.2) is 58.5 Å². The van der Waals surface area contributed by atoms with Crippen molar-refractivity contribution in [1.82, 2.24) is 20.2 Å². The highest BCUT2D eigenvalue weighted by Gasteiger charge is 2.34. The van der Waals surface area contributed by atoms with Crippen molar-refractivity contribution in [2.24, 2.45) is 5.92 Å². The largest absolute Gasteiger partial charge is 0.477 e. The van der Waals surface area contributed by atoms with Crippen LogP contribution >= 0.6 is 11.3 Å². The number of likely N-dealkylation sites (tertiary alicyclic amines) is 1. The normalized spacial score (nSPS) is 16.8. The van der Waals surface area contributed by atoms with Gasteiger partial charge >= 0.3 is 6.03 Å². The van der Waals surface area contributed by atoms with Crippen molar-refractivity contribution in [3.05, 3.63) is 47.6 Å². The molecule has 1 saturated heterocycles. The Bertz CT molecular complexity index is 1420. The van der Waals surface area contributed by atoms with Crippen molar-refractivity contribution in [3.63, 3.8) is 0 Å². The first-order valence-electron chi connectivity index (χ1n) is 12.1. The number of carbonyl (C=O) groups is 3. The molecule has 0 radical (unpaired) electrons. The van der Waals surface area contributed by atoms with Crippen molar-refractivity contribution in [3.8, 4) is 5.88 Å². The summed E-state index contributed by atoms with van der Waals surface area (Å²) < 4.78 is 5.73. The van der Waals surface area contributed by atoms with E-state index in [2.05, 4.69) is 41.0 Å². The minimum absolute atomic E-state index is 0.154. The third-order valence-electron chi connectivity index (χ3n) is 6.33. The van der Waals surface area contributed by atoms with Crippen LogP contribution in [0.3, 0.4) is 0 Å². The lowest BCUT2D eigenvalue weighted by Crippen LogP contribution is -2.39. The molecule has 0 saturated carbocycles. The molecular weight excluding hydrogens is 492 g/mol. The molecule has 3 aromatic heterocycles. The van der Waals surface area contributed by atoms with Gasteiger partial charge in [-0.05, 0) is 37.0 Å². The van der Waals surface area contributed by atoms with Crippen molar-refractivity contribution >= 4 is 56.5 Å². The van der Waals surface area contributed by atoms with Crippen molar-refractivity contribution in [2.75, 3.05) is 29.9 Å². The lowest BCUT2D eigenvalue weighted by atomic mass is 10.1. The highest BCUT2D eigenvalue weighted by molar-refractivity contribution is 7.21. The molecule has 5 rings (SSSR count). The number of thiophene rings is 1. The van der Waals surface area contributed by atoms with Crippen molar-refractivity contribution in [1.29, 1.82) is 0 Å². The summed E-state index contributed by atoms with van der Waals surface area (Å²) in [5.41, 5.74) is 2.51. The Balaban J connectivity index is 1.44. The number of amides is 4. The lowest BCUT2D eigenvalue weighted by Gasteiger charge is -2.29. The van der Waals surface area contributed by atoms with Gasteiger partial charge in [0, 0.05) is 31.4 Å². The summed E-state index contributed by atoms with van der Waals surface area (Å²) in [5, 5.41) is 6.61. The lowest BCUT2D eigenvalue weighted by molar-refractivity contribution is -0.125. The molecule has 0 unspecified atom stereocenters. The Morgan fingerprint density at radius 1 is 1.35 bits per heavy atom. The number of nitrogens with one attached hydrogen (secondary N) is 2. The number of pyridine rings is 2. The highest BCUT2D eigenvalue weighted by Crippen LogP contribution is 2.46. The fraction of sp³-hybridized carbons (Fsp3) is 0.346. The number of hydrogen-bond donors (Lipinski definition) is 2. The van der Waals surface area contributed by atoms with Crippen LogP contribution in [0.25, 0.3) is 10.2 Å². The number of nitrogens with zero attached hydrogens (tertiary/aromatic N) is 4. The predicted octanol–water partition coefficient (Wildman–Crippen LogP) is 4.23. The van der Waals surface area contributed by atoms with Gasteiger partial charge in [-0.1, -0.05) is 20.4 Å². The summed E-state index contributed by atoms with van der Waals surface area (Å²) >= 11 is 1.22. The van der Waals surface area contributed by atoms with Crippen molar-refractivity contribution in [2.45, 2.75) is 33.2 Å². The summed E-state index contributed by atoms with van der Waals surface area (Å²) in [5.74, 6) is 0.410. The van der Waals surface area contributed by atoms with E-state index in [0.717, 1.165) is 5.56 Å². The predicted molar refractivity (Wildman–Crippen MR) is 143 cm³/mol. The first-order chi connectivity index (χ1) is 17.8. The standard InChI is InChI=1S/C26H28N6O4S/c1-5-20(33)31-9-7-16(12-31)29-24(34)23-22-21-17(6-8-27-25(21)37-23)32(26(35)30-22)18-11-28-19(10-15(18)4)36-13-14(2)3/h5-6,8,10-11,14,16H,1,7,9,12-13H2,2-4H3,(H,29,34)(H,30,35)/t16-/m1/s1. The average molecular weight is 521 g/mol. The SMILES string of the molecule is C=CC(=O)N1CC[C@@H](NC(=O)c2sc3nccc4c3c2NC(=O)N4c2cnc(OCC(C)C)cc2C)C1. The van der Waals surface area contributed by atoms with Gasteiger partial charge in [-0.25, -0.2) is 14.8 Å². The Kier molecular flexibility index (Phi) is 6.55. The molecule has 2 N–H and O–H groups in total. The Morgan fingerprint density at radius 3 is 2.89 bits per heavy atom. The van der Waals surface area contributed by atoms with Crippen LogP contribution < -0.4 is 20.3 Å². The Morgan fingerprint density at radius 2 is 2.16 bits per heavy atom. The van der Waals surface area contributed by atoms with Crippen LogP contribution in [0.2, 0.25) is 0 Å². The summed E-state index contributed by atoms with van der Waals surface area (Å²) in [6.07, 6.45) is 5.18. The maximum absolute atomic E-state index is 13.4. The molecule has 0 aromatic carbocycles. The minimum Gasteiger partial charge on any atom is -0.477 e. The Labute approximate surface area is 218 Å². The molecule has 1 fully saturated rings. The number of aryl methyl sites for hydroxylation is 1. The molecular formula is C26H28N6O4S. The topological polar surface area (TPSA) is 117 Å². The molecule has 2 aliphatic heterocycles. The van der Waals surface area contributed by atoms with Crippen LogP contribution in [0, 0.1) is 12.8 Å². The third-order valence-corrected chi connectivity index (χ3v) is 7.42. The van der Waals surface area contributed by atoms with Gasteiger partial charge in [0.05, 0.1) is 35.3 Å². The monoisotopic (exact) mass is 520 g/mol. The summed E-state index contributed by atoms with van der Waals surface area (Å²) in [6.45, 7) is 11.1. The third kappa shape index (κ3) is 4.62. The van der Waals surface area contributed by atoms with Crippen LogP contribution in [0.15, 0.2) is 37.2 Å². The maximum atomic E-state index is 13.4. The second-order valence-electron chi connectivity index (χ2n) is 9.54. The van der Waals surface area contributed by atoms with E-state index in [1.54, 1.807) is 28.3 Å². The summed E-state index contributed by atoms with van der Waals surface area (Å²) in [7, 11) is 0. The highest BCUT2D eigenvalue weighted by atomic mass is 32.1. The van der Waals surface area contributed by atoms with Gasteiger partial charge in [0.25, 0.3) is 5.91 Å². The second kappa shape index (κ2) is 9.81. The molecule has 0 bridgehead atoms.